The molecule has 5 nitrogen and oxygen atoms in total. The lowest BCUT2D eigenvalue weighted by atomic mass is 9.86. The Kier molecular flexibility index (Phi) is 6.95. The van der Waals surface area contributed by atoms with Crippen LogP contribution in [0.5, 0.6) is 5.75 Å². The van der Waals surface area contributed by atoms with Crippen LogP contribution in [0.3, 0.4) is 0 Å². The summed E-state index contributed by atoms with van der Waals surface area (Å²) in [6.07, 6.45) is -2.93. The zero-order valence-corrected chi connectivity index (χ0v) is 18.6. The molecule has 2 heterocycles. The first-order valence-electron chi connectivity index (χ1n) is 11.3. The highest BCUT2D eigenvalue weighted by Crippen LogP contribution is 2.35. The maximum atomic E-state index is 13.5. The molecule has 0 spiro atoms. The number of rotatable bonds is 6. The van der Waals surface area contributed by atoms with Crippen LogP contribution in [-0.2, 0) is 15.7 Å². The maximum Gasteiger partial charge on any atom is 0.416 e. The van der Waals surface area contributed by atoms with Crippen molar-refractivity contribution in [3.8, 4) is 5.75 Å². The lowest BCUT2D eigenvalue weighted by molar-refractivity contribution is -0.141. The Bertz CT molecular complexity index is 945. The van der Waals surface area contributed by atoms with E-state index in [0.717, 1.165) is 17.7 Å². The molecule has 2 aliphatic rings. The summed E-state index contributed by atoms with van der Waals surface area (Å²) < 4.78 is 50.5. The van der Waals surface area contributed by atoms with E-state index in [0.29, 0.717) is 45.6 Å². The van der Waals surface area contributed by atoms with Gasteiger partial charge >= 0.3 is 6.18 Å². The first-order valence-corrected chi connectivity index (χ1v) is 11.3. The molecule has 2 atom stereocenters. The minimum absolute atomic E-state index is 0.0399. The van der Waals surface area contributed by atoms with E-state index >= 15 is 0 Å². The van der Waals surface area contributed by atoms with Crippen molar-refractivity contribution in [2.45, 2.75) is 50.0 Å². The summed E-state index contributed by atoms with van der Waals surface area (Å²) in [6.45, 7) is 4.05. The Morgan fingerprint density at radius 3 is 2.58 bits per heavy atom. The second-order valence-electron chi connectivity index (χ2n) is 8.75. The van der Waals surface area contributed by atoms with Crippen molar-refractivity contribution in [2.75, 3.05) is 26.3 Å². The van der Waals surface area contributed by atoms with E-state index < -0.39 is 17.3 Å². The van der Waals surface area contributed by atoms with E-state index in [-0.39, 0.29) is 23.8 Å². The van der Waals surface area contributed by atoms with E-state index in [2.05, 4.69) is 10.2 Å². The molecule has 33 heavy (non-hydrogen) atoms. The largest absolute Gasteiger partial charge is 0.489 e. The van der Waals surface area contributed by atoms with E-state index in [1.807, 2.05) is 37.3 Å². The average molecular weight is 463 g/mol. The molecule has 1 unspecified atom stereocenters. The van der Waals surface area contributed by atoms with Crippen LogP contribution in [0.1, 0.15) is 43.4 Å². The van der Waals surface area contributed by atoms with Crippen LogP contribution >= 0.6 is 0 Å². The molecule has 178 valence electrons. The molecule has 2 aliphatic heterocycles. The number of amides is 1. The highest BCUT2D eigenvalue weighted by atomic mass is 19.4. The highest BCUT2D eigenvalue weighted by Gasteiger charge is 2.48. The topological polar surface area (TPSA) is 50.8 Å². The minimum atomic E-state index is -4.42. The molecule has 0 radical (unpaired) electrons. The van der Waals surface area contributed by atoms with Crippen LogP contribution in [0, 0.1) is 0 Å². The van der Waals surface area contributed by atoms with Gasteiger partial charge in [0.05, 0.1) is 11.6 Å². The first-order chi connectivity index (χ1) is 15.8. The number of nitrogens with one attached hydrogen (secondary N) is 1. The molecule has 0 aromatic heterocycles. The third kappa shape index (κ3) is 5.33. The van der Waals surface area contributed by atoms with Crippen molar-refractivity contribution in [1.29, 1.82) is 0 Å². The summed E-state index contributed by atoms with van der Waals surface area (Å²) in [5.41, 5.74) is -0.419. The van der Waals surface area contributed by atoms with Gasteiger partial charge in [0.1, 0.15) is 17.4 Å². The van der Waals surface area contributed by atoms with Crippen LogP contribution in [0.4, 0.5) is 13.2 Å². The molecule has 1 amide bonds. The molecule has 0 aliphatic carbocycles. The van der Waals surface area contributed by atoms with Gasteiger partial charge in [0.15, 0.2) is 0 Å². The standard InChI is InChI=1S/C25H29F3N2O3/c1-18(19-6-3-2-4-7-19)29-23(31)24(11-14-32-15-12-24)30-13-10-22(17-30)33-21-9-5-8-20(16-21)25(26,27)28/h2-9,16,18,22H,10-15,17H2,1H3,(H,29,31)/t18-,22?/m0/s1. The summed E-state index contributed by atoms with van der Waals surface area (Å²) in [6, 6.07) is 14.6. The fourth-order valence-corrected chi connectivity index (χ4v) is 4.70. The van der Waals surface area contributed by atoms with Crippen molar-refractivity contribution in [3.63, 3.8) is 0 Å². The SMILES string of the molecule is C[C@H](NC(=O)C1(N2CCC(Oc3cccc(C(F)(F)F)c3)C2)CCOCC1)c1ccccc1. The summed E-state index contributed by atoms with van der Waals surface area (Å²) in [5.74, 6) is 0.154. The minimum Gasteiger partial charge on any atom is -0.489 e. The number of hydrogen-bond donors (Lipinski definition) is 1. The van der Waals surface area contributed by atoms with Crippen molar-refractivity contribution in [2.24, 2.45) is 0 Å². The fourth-order valence-electron chi connectivity index (χ4n) is 4.70. The number of halogens is 3. The number of carbonyl (C=O) groups is 1. The molecule has 1 N–H and O–H groups in total. The van der Waals surface area contributed by atoms with E-state index in [4.69, 9.17) is 9.47 Å². The molecule has 4 rings (SSSR count). The molecular weight excluding hydrogens is 433 g/mol. The van der Waals surface area contributed by atoms with Crippen molar-refractivity contribution >= 4 is 5.91 Å². The van der Waals surface area contributed by atoms with Crippen LogP contribution in [-0.4, -0.2) is 48.8 Å². The number of likely N-dealkylation sites (tertiary alicyclic amines) is 1. The number of alkyl halides is 3. The van der Waals surface area contributed by atoms with Crippen LogP contribution in [0.25, 0.3) is 0 Å². The Balaban J connectivity index is 1.45. The summed E-state index contributed by atoms with van der Waals surface area (Å²) in [4.78, 5) is 15.7. The number of benzene rings is 2. The van der Waals surface area contributed by atoms with Crippen LogP contribution in [0.15, 0.2) is 54.6 Å². The number of ether oxygens (including phenoxy) is 2. The number of carbonyl (C=O) groups excluding carboxylic acids is 1. The lowest BCUT2D eigenvalue weighted by Gasteiger charge is -2.43. The van der Waals surface area contributed by atoms with Gasteiger partial charge in [-0.05, 0) is 49.9 Å². The molecule has 2 fully saturated rings. The zero-order chi connectivity index (χ0) is 23.5. The number of nitrogens with zero attached hydrogens (tertiary/aromatic N) is 1. The fraction of sp³-hybridized carbons (Fsp3) is 0.480. The van der Waals surface area contributed by atoms with E-state index in [1.54, 1.807) is 0 Å². The Hall–Kier alpha value is -2.58. The van der Waals surface area contributed by atoms with Crippen molar-refractivity contribution < 1.29 is 27.4 Å². The normalized spacial score (nSPS) is 22.0. The maximum absolute atomic E-state index is 13.5. The van der Waals surface area contributed by atoms with Gasteiger partial charge in [0.2, 0.25) is 5.91 Å². The van der Waals surface area contributed by atoms with Gasteiger partial charge in [0.25, 0.3) is 0 Å². The van der Waals surface area contributed by atoms with Gasteiger partial charge in [-0.15, -0.1) is 0 Å². The molecule has 8 heteroatoms. The molecule has 2 aromatic carbocycles. The Morgan fingerprint density at radius 1 is 1.15 bits per heavy atom. The van der Waals surface area contributed by atoms with Gasteiger partial charge in [-0.25, -0.2) is 0 Å². The third-order valence-corrected chi connectivity index (χ3v) is 6.60. The monoisotopic (exact) mass is 462 g/mol. The Morgan fingerprint density at radius 2 is 1.88 bits per heavy atom. The average Bonchev–Trinajstić information content (AvgIpc) is 3.28. The highest BCUT2D eigenvalue weighted by molar-refractivity contribution is 5.87. The van der Waals surface area contributed by atoms with E-state index in [1.165, 1.54) is 12.1 Å². The molecule has 0 bridgehead atoms. The quantitative estimate of drug-likeness (QED) is 0.683. The first kappa shape index (κ1) is 23.6. The summed E-state index contributed by atoms with van der Waals surface area (Å²) in [5, 5.41) is 3.17. The van der Waals surface area contributed by atoms with Gasteiger partial charge < -0.3 is 14.8 Å². The Labute approximate surface area is 191 Å². The summed E-state index contributed by atoms with van der Waals surface area (Å²) >= 11 is 0. The van der Waals surface area contributed by atoms with Gasteiger partial charge in [-0.3, -0.25) is 9.69 Å². The molecule has 2 aromatic rings. The second-order valence-corrected chi connectivity index (χ2v) is 8.75. The second kappa shape index (κ2) is 9.73. The van der Waals surface area contributed by atoms with Gasteiger partial charge in [-0.1, -0.05) is 36.4 Å². The van der Waals surface area contributed by atoms with Crippen LogP contribution < -0.4 is 10.1 Å². The molecular formula is C25H29F3N2O3. The molecule has 2 saturated heterocycles. The molecule has 0 saturated carbocycles. The predicted molar refractivity (Wildman–Crippen MR) is 118 cm³/mol. The zero-order valence-electron chi connectivity index (χ0n) is 18.6. The number of hydrogen-bond acceptors (Lipinski definition) is 4. The summed E-state index contributed by atoms with van der Waals surface area (Å²) in [7, 11) is 0. The van der Waals surface area contributed by atoms with Crippen molar-refractivity contribution in [3.05, 3.63) is 65.7 Å². The smallest absolute Gasteiger partial charge is 0.416 e. The lowest BCUT2D eigenvalue weighted by Crippen LogP contribution is -2.61. The predicted octanol–water partition coefficient (Wildman–Crippen LogP) is 4.59. The van der Waals surface area contributed by atoms with Crippen molar-refractivity contribution in [1.82, 2.24) is 10.2 Å². The van der Waals surface area contributed by atoms with Crippen LogP contribution in [0.2, 0.25) is 0 Å². The van der Waals surface area contributed by atoms with Gasteiger partial charge in [-0.2, -0.15) is 13.2 Å². The third-order valence-electron chi connectivity index (χ3n) is 6.60. The van der Waals surface area contributed by atoms with Gasteiger partial charge in [0, 0.05) is 26.3 Å². The van der Waals surface area contributed by atoms with E-state index in [9.17, 15) is 18.0 Å².